The van der Waals surface area contributed by atoms with Crippen LogP contribution < -0.4 is 4.74 Å². The number of nitrogens with zero attached hydrogens (tertiary/aromatic N) is 1. The number of hydrogen-bond acceptors (Lipinski definition) is 2. The molecule has 2 bridgehead atoms. The number of carbonyl (C=O) groups excluding carboxylic acids is 1. The lowest BCUT2D eigenvalue weighted by Gasteiger charge is -2.51. The predicted octanol–water partition coefficient (Wildman–Crippen LogP) is 4.91. The van der Waals surface area contributed by atoms with Crippen molar-refractivity contribution in [3.63, 3.8) is 0 Å². The van der Waals surface area contributed by atoms with Crippen molar-refractivity contribution in [1.82, 2.24) is 4.90 Å². The summed E-state index contributed by atoms with van der Waals surface area (Å²) >= 11 is 0. The number of amides is 1. The first kappa shape index (κ1) is 17.8. The zero-order valence-electron chi connectivity index (χ0n) is 16.6. The maximum atomic E-state index is 13.3. The first-order valence-corrected chi connectivity index (χ1v) is 10.7. The second-order valence-corrected chi connectivity index (χ2v) is 8.90. The maximum Gasteiger partial charge on any atom is 0.226 e. The molecule has 2 aliphatic carbocycles. The molecule has 3 aliphatic rings. The van der Waals surface area contributed by atoms with Gasteiger partial charge in [-0.1, -0.05) is 48.9 Å². The zero-order valence-corrected chi connectivity index (χ0v) is 16.6. The monoisotopic (exact) mass is 375 g/mol. The van der Waals surface area contributed by atoms with E-state index in [9.17, 15) is 4.79 Å². The molecule has 0 spiro atoms. The van der Waals surface area contributed by atoms with Crippen LogP contribution in [0.2, 0.25) is 0 Å². The Balaban J connectivity index is 1.32. The van der Waals surface area contributed by atoms with Gasteiger partial charge in [0.05, 0.1) is 7.11 Å². The van der Waals surface area contributed by atoms with E-state index in [1.807, 2.05) is 12.1 Å². The number of rotatable bonds is 4. The Morgan fingerprint density at radius 2 is 1.96 bits per heavy atom. The molecular formula is C25H29NO2. The predicted molar refractivity (Wildman–Crippen MR) is 111 cm³/mol. The average Bonchev–Trinajstić information content (AvgIpc) is 3.55. The van der Waals surface area contributed by atoms with Crippen LogP contribution in [0.25, 0.3) is 0 Å². The summed E-state index contributed by atoms with van der Waals surface area (Å²) < 4.78 is 5.47. The normalized spacial score (nSPS) is 31.3. The van der Waals surface area contributed by atoms with E-state index in [-0.39, 0.29) is 11.3 Å². The highest BCUT2D eigenvalue weighted by molar-refractivity contribution is 5.83. The van der Waals surface area contributed by atoms with Crippen molar-refractivity contribution < 1.29 is 9.53 Å². The van der Waals surface area contributed by atoms with Gasteiger partial charge in [-0.3, -0.25) is 4.79 Å². The molecular weight excluding hydrogens is 346 g/mol. The highest BCUT2D eigenvalue weighted by Crippen LogP contribution is 2.52. The topological polar surface area (TPSA) is 29.5 Å². The smallest absolute Gasteiger partial charge is 0.226 e. The van der Waals surface area contributed by atoms with Gasteiger partial charge in [-0.2, -0.15) is 0 Å². The maximum absolute atomic E-state index is 13.3. The summed E-state index contributed by atoms with van der Waals surface area (Å²) in [6.07, 6.45) is 6.79. The van der Waals surface area contributed by atoms with Crippen molar-refractivity contribution in [2.75, 3.05) is 13.7 Å². The molecule has 2 aromatic rings. The average molecular weight is 376 g/mol. The molecule has 2 saturated carbocycles. The van der Waals surface area contributed by atoms with Crippen LogP contribution in [0, 0.1) is 5.92 Å². The molecule has 1 amide bonds. The lowest BCUT2D eigenvalue weighted by Crippen LogP contribution is -2.54. The van der Waals surface area contributed by atoms with Gasteiger partial charge in [0.15, 0.2) is 0 Å². The van der Waals surface area contributed by atoms with Crippen LogP contribution in [-0.4, -0.2) is 30.5 Å². The van der Waals surface area contributed by atoms with Crippen LogP contribution in [0.1, 0.15) is 55.6 Å². The van der Waals surface area contributed by atoms with Gasteiger partial charge in [0.1, 0.15) is 5.75 Å². The molecule has 0 N–H and O–H groups in total. The van der Waals surface area contributed by atoms with E-state index in [1.54, 1.807) is 7.11 Å². The molecule has 0 unspecified atom stereocenters. The van der Waals surface area contributed by atoms with Gasteiger partial charge >= 0.3 is 0 Å². The van der Waals surface area contributed by atoms with E-state index in [1.165, 1.54) is 24.0 Å². The SMILES string of the molecule is COc1cccc([C@@]23CCC[C@@H](C2)N(C(=O)[C@H]2C[C@H]2c2ccccc2)CC3)c1. The van der Waals surface area contributed by atoms with Crippen LogP contribution in [0.4, 0.5) is 0 Å². The second-order valence-electron chi connectivity index (χ2n) is 8.90. The van der Waals surface area contributed by atoms with Crippen molar-refractivity contribution in [2.45, 2.75) is 55.9 Å². The molecule has 0 aromatic heterocycles. The van der Waals surface area contributed by atoms with Crippen molar-refractivity contribution in [3.8, 4) is 5.75 Å². The molecule has 28 heavy (non-hydrogen) atoms. The first-order valence-electron chi connectivity index (χ1n) is 10.7. The van der Waals surface area contributed by atoms with E-state index in [0.29, 0.717) is 17.9 Å². The van der Waals surface area contributed by atoms with Crippen LogP contribution in [0.5, 0.6) is 5.75 Å². The van der Waals surface area contributed by atoms with E-state index in [0.717, 1.165) is 38.0 Å². The zero-order chi connectivity index (χ0) is 19.1. The van der Waals surface area contributed by atoms with Gasteiger partial charge in [-0.05, 0) is 66.7 Å². The summed E-state index contributed by atoms with van der Waals surface area (Å²) in [7, 11) is 1.74. The summed E-state index contributed by atoms with van der Waals surface area (Å²) in [5.41, 5.74) is 2.95. The standard InChI is InChI=1S/C25H29NO2/c1-28-21-11-5-9-19(15-21)25-12-6-10-20(17-25)26(14-13-25)24(27)23-16-22(23)18-7-3-2-4-8-18/h2-5,7-9,11,15,20,22-23H,6,10,12-14,16-17H2,1H3/t20-,22-,23-,25+/m0/s1. The Bertz CT molecular complexity index is 864. The van der Waals surface area contributed by atoms with Gasteiger partial charge in [0.2, 0.25) is 5.91 Å². The molecule has 5 rings (SSSR count). The van der Waals surface area contributed by atoms with Gasteiger partial charge in [0, 0.05) is 18.5 Å². The number of likely N-dealkylation sites (tertiary alicyclic amines) is 1. The number of ether oxygens (including phenoxy) is 1. The van der Waals surface area contributed by atoms with Gasteiger partial charge in [-0.15, -0.1) is 0 Å². The number of fused-ring (bicyclic) bond motifs is 2. The van der Waals surface area contributed by atoms with E-state index in [2.05, 4.69) is 47.4 Å². The van der Waals surface area contributed by atoms with Crippen molar-refractivity contribution in [3.05, 3.63) is 65.7 Å². The highest BCUT2D eigenvalue weighted by atomic mass is 16.5. The number of piperidine rings is 1. The Morgan fingerprint density at radius 1 is 1.11 bits per heavy atom. The van der Waals surface area contributed by atoms with Crippen LogP contribution in [0.3, 0.4) is 0 Å². The Labute approximate surface area is 167 Å². The van der Waals surface area contributed by atoms with Crippen molar-refractivity contribution >= 4 is 5.91 Å². The summed E-state index contributed by atoms with van der Waals surface area (Å²) in [4.78, 5) is 15.5. The summed E-state index contributed by atoms with van der Waals surface area (Å²) in [5, 5.41) is 0. The lowest BCUT2D eigenvalue weighted by molar-refractivity contribution is -0.138. The second kappa shape index (κ2) is 6.95. The van der Waals surface area contributed by atoms with Gasteiger partial charge in [0.25, 0.3) is 0 Å². The molecule has 0 radical (unpaired) electrons. The molecule has 3 nitrogen and oxygen atoms in total. The van der Waals surface area contributed by atoms with Crippen LogP contribution in [0.15, 0.2) is 54.6 Å². The molecule has 1 saturated heterocycles. The minimum absolute atomic E-state index is 0.202. The van der Waals surface area contributed by atoms with Gasteiger partial charge in [-0.25, -0.2) is 0 Å². The minimum atomic E-state index is 0.202. The molecule has 1 aliphatic heterocycles. The Kier molecular flexibility index (Phi) is 4.41. The largest absolute Gasteiger partial charge is 0.497 e. The Hall–Kier alpha value is -2.29. The van der Waals surface area contributed by atoms with Crippen LogP contribution in [-0.2, 0) is 10.2 Å². The van der Waals surface area contributed by atoms with E-state index >= 15 is 0 Å². The van der Waals surface area contributed by atoms with Crippen LogP contribution >= 0.6 is 0 Å². The van der Waals surface area contributed by atoms with Gasteiger partial charge < -0.3 is 9.64 Å². The summed E-state index contributed by atoms with van der Waals surface area (Å²) in [5.74, 6) is 1.98. The fourth-order valence-electron chi connectivity index (χ4n) is 5.74. The molecule has 2 aromatic carbocycles. The fourth-order valence-corrected chi connectivity index (χ4v) is 5.74. The lowest BCUT2D eigenvalue weighted by atomic mass is 9.63. The number of methoxy groups -OCH3 is 1. The third-order valence-corrected chi connectivity index (χ3v) is 7.39. The minimum Gasteiger partial charge on any atom is -0.497 e. The summed E-state index contributed by atoms with van der Waals surface area (Å²) in [6, 6.07) is 19.6. The third-order valence-electron chi connectivity index (χ3n) is 7.39. The molecule has 1 heterocycles. The third kappa shape index (κ3) is 3.01. The highest BCUT2D eigenvalue weighted by Gasteiger charge is 2.50. The fraction of sp³-hybridized carbons (Fsp3) is 0.480. The van der Waals surface area contributed by atoms with E-state index in [4.69, 9.17) is 4.74 Å². The summed E-state index contributed by atoms with van der Waals surface area (Å²) in [6.45, 7) is 0.902. The number of carbonyl (C=O) groups is 1. The quantitative estimate of drug-likeness (QED) is 0.760. The number of hydrogen-bond donors (Lipinski definition) is 0. The molecule has 3 heteroatoms. The molecule has 146 valence electrons. The first-order chi connectivity index (χ1) is 13.7. The van der Waals surface area contributed by atoms with Crippen molar-refractivity contribution in [2.24, 2.45) is 5.92 Å². The Morgan fingerprint density at radius 3 is 2.79 bits per heavy atom. The van der Waals surface area contributed by atoms with E-state index < -0.39 is 0 Å². The molecule has 4 atom stereocenters. The number of benzene rings is 2. The molecule has 3 fully saturated rings. The van der Waals surface area contributed by atoms with Crippen molar-refractivity contribution in [1.29, 1.82) is 0 Å².